The van der Waals surface area contributed by atoms with Crippen molar-refractivity contribution in [1.29, 1.82) is 0 Å². The number of sulfonamides is 1. The van der Waals surface area contributed by atoms with Crippen LogP contribution in [0.25, 0.3) is 0 Å². The molecule has 1 aliphatic rings. The summed E-state index contributed by atoms with van der Waals surface area (Å²) in [6, 6.07) is 13.0. The van der Waals surface area contributed by atoms with E-state index in [1.165, 1.54) is 12.1 Å². The van der Waals surface area contributed by atoms with Gasteiger partial charge in [-0.3, -0.25) is 14.9 Å². The fourth-order valence-corrected chi connectivity index (χ4v) is 6.16. The lowest BCUT2D eigenvalue weighted by Crippen LogP contribution is -2.46. The van der Waals surface area contributed by atoms with Crippen LogP contribution in [0.3, 0.4) is 0 Å². The number of carbonyl (C=O) groups is 1. The molecule has 1 aliphatic carbocycles. The van der Waals surface area contributed by atoms with Gasteiger partial charge >= 0.3 is 0 Å². The number of amides is 1. The van der Waals surface area contributed by atoms with Gasteiger partial charge in [-0.2, -0.15) is 0 Å². The normalized spacial score (nSPS) is 16.2. The van der Waals surface area contributed by atoms with Crippen molar-refractivity contribution in [3.63, 3.8) is 0 Å². The maximum absolute atomic E-state index is 15.0. The summed E-state index contributed by atoms with van der Waals surface area (Å²) in [5.74, 6) is -0.595. The Bertz CT molecular complexity index is 1190. The summed E-state index contributed by atoms with van der Waals surface area (Å²) >= 11 is 1.61. The monoisotopic (exact) mass is 552 g/mol. The van der Waals surface area contributed by atoms with Gasteiger partial charge in [0.05, 0.1) is 9.82 Å². The minimum absolute atomic E-state index is 0.0489. The zero-order chi connectivity index (χ0) is 27.1. The molecular formula is C25H33FN4O5S2. The number of carbonyl (C=O) groups excluding carboxylic acids is 1. The summed E-state index contributed by atoms with van der Waals surface area (Å²) in [6.07, 6.45) is 2.37. The number of hydrogen-bond acceptors (Lipinski definition) is 8. The molecule has 2 N–H and O–H groups in total. The third-order valence-electron chi connectivity index (χ3n) is 6.24. The number of nitrogens with zero attached hydrogens (tertiary/aromatic N) is 2. The highest BCUT2D eigenvalue weighted by Gasteiger charge is 2.41. The van der Waals surface area contributed by atoms with E-state index in [-0.39, 0.29) is 24.6 Å². The second-order valence-corrected chi connectivity index (χ2v) is 12.2. The Labute approximate surface area is 221 Å². The number of alkyl halides is 1. The number of benzene rings is 2. The predicted octanol–water partition coefficient (Wildman–Crippen LogP) is 4.60. The summed E-state index contributed by atoms with van der Waals surface area (Å²) in [5.41, 5.74) is -2.53. The van der Waals surface area contributed by atoms with Crippen LogP contribution in [0.2, 0.25) is 0 Å². The molecule has 0 radical (unpaired) electrons. The topological polar surface area (TPSA) is 122 Å². The van der Waals surface area contributed by atoms with Crippen LogP contribution in [-0.4, -0.2) is 62.3 Å². The number of thioether (sulfide) groups is 1. The Kier molecular flexibility index (Phi) is 9.91. The zero-order valence-electron chi connectivity index (χ0n) is 21.0. The fraction of sp³-hybridized carbons (Fsp3) is 0.480. The third kappa shape index (κ3) is 8.14. The van der Waals surface area contributed by atoms with Crippen LogP contribution >= 0.6 is 11.8 Å². The maximum Gasteiger partial charge on any atom is 0.293 e. The second kappa shape index (κ2) is 12.7. The third-order valence-corrected chi connectivity index (χ3v) is 8.74. The van der Waals surface area contributed by atoms with Gasteiger partial charge in [-0.15, -0.1) is 11.8 Å². The number of halogens is 1. The molecule has 37 heavy (non-hydrogen) atoms. The molecule has 0 spiro atoms. The molecule has 2 aromatic rings. The number of anilines is 1. The summed E-state index contributed by atoms with van der Waals surface area (Å²) in [5, 5.41) is 15.1. The molecule has 0 heterocycles. The molecule has 0 aromatic heterocycles. The van der Waals surface area contributed by atoms with Crippen molar-refractivity contribution in [2.75, 3.05) is 31.7 Å². The van der Waals surface area contributed by atoms with Crippen LogP contribution in [0.4, 0.5) is 15.8 Å². The molecule has 2 aromatic carbocycles. The molecule has 1 fully saturated rings. The molecule has 202 valence electrons. The lowest BCUT2D eigenvalue weighted by molar-refractivity contribution is -0.384. The first-order valence-electron chi connectivity index (χ1n) is 12.1. The van der Waals surface area contributed by atoms with E-state index < -0.39 is 37.1 Å². The number of hydrogen-bond donors (Lipinski definition) is 2. The Morgan fingerprint density at radius 1 is 1.16 bits per heavy atom. The molecule has 0 aliphatic heterocycles. The highest BCUT2D eigenvalue weighted by Crippen LogP contribution is 2.33. The number of nitrogens with one attached hydrogen (secondary N) is 2. The van der Waals surface area contributed by atoms with E-state index in [0.717, 1.165) is 23.9 Å². The minimum Gasteiger partial charge on any atom is -0.376 e. The lowest BCUT2D eigenvalue weighted by Gasteiger charge is -2.27. The van der Waals surface area contributed by atoms with Gasteiger partial charge in [-0.1, -0.05) is 24.6 Å². The highest BCUT2D eigenvalue weighted by molar-refractivity contribution is 7.99. The average Bonchev–Trinajstić information content (AvgIpc) is 2.86. The van der Waals surface area contributed by atoms with Crippen molar-refractivity contribution in [1.82, 2.24) is 9.62 Å². The van der Waals surface area contributed by atoms with Crippen molar-refractivity contribution in [2.24, 2.45) is 0 Å². The van der Waals surface area contributed by atoms with Crippen LogP contribution in [0.1, 0.15) is 38.5 Å². The Balaban J connectivity index is 1.79. The molecule has 1 atom stereocenters. The van der Waals surface area contributed by atoms with E-state index in [0.29, 0.717) is 25.0 Å². The highest BCUT2D eigenvalue weighted by atomic mass is 32.2. The van der Waals surface area contributed by atoms with Crippen molar-refractivity contribution in [3.8, 4) is 0 Å². The summed E-state index contributed by atoms with van der Waals surface area (Å²) in [6.45, 7) is 0.740. The fourth-order valence-electron chi connectivity index (χ4n) is 4.11. The van der Waals surface area contributed by atoms with Crippen molar-refractivity contribution in [3.05, 3.63) is 58.6 Å². The van der Waals surface area contributed by atoms with Gasteiger partial charge in [0.25, 0.3) is 21.6 Å². The molecule has 3 rings (SSSR count). The molecule has 0 saturated heterocycles. The van der Waals surface area contributed by atoms with Gasteiger partial charge in [0.2, 0.25) is 0 Å². The summed E-state index contributed by atoms with van der Waals surface area (Å²) in [4.78, 5) is 26.2. The van der Waals surface area contributed by atoms with Gasteiger partial charge < -0.3 is 10.2 Å². The minimum atomic E-state index is -4.50. The first-order chi connectivity index (χ1) is 17.5. The van der Waals surface area contributed by atoms with E-state index >= 15 is 0 Å². The largest absolute Gasteiger partial charge is 0.376 e. The molecule has 0 unspecified atom stereocenters. The number of nitro benzene ring substituents is 1. The Morgan fingerprint density at radius 3 is 2.46 bits per heavy atom. The van der Waals surface area contributed by atoms with Gasteiger partial charge in [-0.25, -0.2) is 17.5 Å². The van der Waals surface area contributed by atoms with Gasteiger partial charge in [0.15, 0.2) is 5.67 Å². The molecular weight excluding hydrogens is 519 g/mol. The Morgan fingerprint density at radius 2 is 1.84 bits per heavy atom. The lowest BCUT2D eigenvalue weighted by atomic mass is 9.86. The maximum atomic E-state index is 15.0. The SMILES string of the molecule is CN(C)CC[C@H](CSc1ccccc1)Nc1ccc(S(=O)(=O)NC(=O)C2(F)CCCCC2)cc1[N+](=O)[O-]. The standard InChI is InChI=1S/C25H33FN4O5S2/c1-29(2)16-13-19(18-36-20-9-5-3-6-10-20)27-22-12-11-21(17-23(22)30(32)33)37(34,35)28-24(31)25(26)14-7-4-8-15-25/h3,5-6,9-12,17,19,27H,4,7-8,13-16,18H2,1-2H3,(H,28,31)/t19-/m1/s1. The molecule has 0 bridgehead atoms. The quantitative estimate of drug-likeness (QED) is 0.223. The second-order valence-electron chi connectivity index (χ2n) is 9.45. The molecule has 1 saturated carbocycles. The molecule has 9 nitrogen and oxygen atoms in total. The molecule has 12 heteroatoms. The van der Waals surface area contributed by atoms with Crippen LogP contribution in [0.5, 0.6) is 0 Å². The van der Waals surface area contributed by atoms with Crippen molar-refractivity contribution >= 4 is 39.1 Å². The zero-order valence-corrected chi connectivity index (χ0v) is 22.6. The van der Waals surface area contributed by atoms with E-state index in [2.05, 4.69) is 5.32 Å². The van der Waals surface area contributed by atoms with Gasteiger partial charge in [-0.05, 0) is 77.0 Å². The van der Waals surface area contributed by atoms with Crippen LogP contribution in [-0.2, 0) is 14.8 Å². The van der Waals surface area contributed by atoms with Crippen molar-refractivity contribution < 1.29 is 22.5 Å². The van der Waals surface area contributed by atoms with E-state index in [9.17, 15) is 27.7 Å². The van der Waals surface area contributed by atoms with Crippen molar-refractivity contribution in [2.45, 2.75) is 60.0 Å². The van der Waals surface area contributed by atoms with Crippen LogP contribution < -0.4 is 10.0 Å². The first-order valence-corrected chi connectivity index (χ1v) is 14.6. The van der Waals surface area contributed by atoms with Gasteiger partial charge in [0.1, 0.15) is 5.69 Å². The average molecular weight is 553 g/mol. The van der Waals surface area contributed by atoms with Crippen LogP contribution in [0, 0.1) is 10.1 Å². The number of rotatable bonds is 12. The van der Waals surface area contributed by atoms with Crippen LogP contribution in [0.15, 0.2) is 58.3 Å². The summed E-state index contributed by atoms with van der Waals surface area (Å²) in [7, 11) is -0.624. The van der Waals surface area contributed by atoms with E-state index in [1.807, 2.05) is 49.3 Å². The van der Waals surface area contributed by atoms with E-state index in [1.54, 1.807) is 16.5 Å². The summed E-state index contributed by atoms with van der Waals surface area (Å²) < 4.78 is 42.4. The first kappa shape index (κ1) is 28.9. The van der Waals surface area contributed by atoms with Gasteiger partial charge in [0, 0.05) is 22.8 Å². The predicted molar refractivity (Wildman–Crippen MR) is 143 cm³/mol. The molecule has 1 amide bonds. The Hall–Kier alpha value is -2.70. The van der Waals surface area contributed by atoms with E-state index in [4.69, 9.17) is 0 Å². The number of nitro groups is 1. The smallest absolute Gasteiger partial charge is 0.293 e.